The number of carbonyl (C=O) groups is 1. The summed E-state index contributed by atoms with van der Waals surface area (Å²) >= 11 is 0. The average Bonchev–Trinajstić information content (AvgIpc) is 2.58. The fourth-order valence-electron chi connectivity index (χ4n) is 3.81. The summed E-state index contributed by atoms with van der Waals surface area (Å²) in [6.07, 6.45) is 3.27. The van der Waals surface area contributed by atoms with E-state index in [0.29, 0.717) is 18.0 Å². The molecule has 5 heteroatoms. The topological polar surface area (TPSA) is 38.8 Å². The fraction of sp³-hybridized carbons (Fsp3) is 0.947. The molecule has 0 atom stereocenters. The maximum Gasteiger partial charge on any atom is 0.225 e. The molecule has 2 heterocycles. The lowest BCUT2D eigenvalue weighted by Crippen LogP contribution is -2.52. The van der Waals surface area contributed by atoms with Gasteiger partial charge in [0.05, 0.1) is 0 Å². The number of nitrogens with one attached hydrogen (secondary N) is 1. The van der Waals surface area contributed by atoms with Gasteiger partial charge in [-0.3, -0.25) is 9.69 Å². The van der Waals surface area contributed by atoms with Crippen LogP contribution in [0.15, 0.2) is 0 Å². The highest BCUT2D eigenvalue weighted by molar-refractivity contribution is 5.79. The van der Waals surface area contributed by atoms with Crippen LogP contribution in [-0.2, 0) is 4.79 Å². The normalized spacial score (nSPS) is 21.8. The van der Waals surface area contributed by atoms with E-state index in [1.165, 1.54) is 6.42 Å². The van der Waals surface area contributed by atoms with Crippen LogP contribution < -0.4 is 5.32 Å². The number of carbonyl (C=O) groups excluding carboxylic acids is 1. The Labute approximate surface area is 148 Å². The molecular formula is C19H38N4O. The molecule has 0 saturated carbocycles. The maximum absolute atomic E-state index is 12.8. The number of hydrogen-bond donors (Lipinski definition) is 1. The first-order valence-corrected chi connectivity index (χ1v) is 9.96. The number of hydrogen-bond acceptors (Lipinski definition) is 4. The van der Waals surface area contributed by atoms with E-state index in [1.807, 2.05) is 0 Å². The highest BCUT2D eigenvalue weighted by Gasteiger charge is 2.30. The standard InChI is InChI=1S/C19H38N4O/c1-16(2)20-8-5-9-21-12-14-23(15-13-21)19(24)18-6-10-22(11-7-18)17(3)4/h16-18,20H,5-15H2,1-4H3. The van der Waals surface area contributed by atoms with Gasteiger partial charge in [-0.15, -0.1) is 0 Å². The summed E-state index contributed by atoms with van der Waals surface area (Å²) in [7, 11) is 0. The van der Waals surface area contributed by atoms with Crippen LogP contribution in [0, 0.1) is 5.92 Å². The third kappa shape index (κ3) is 6.01. The first kappa shape index (κ1) is 19.7. The predicted molar refractivity (Wildman–Crippen MR) is 100 cm³/mol. The van der Waals surface area contributed by atoms with Crippen molar-refractivity contribution in [3.05, 3.63) is 0 Å². The molecule has 1 amide bonds. The highest BCUT2D eigenvalue weighted by Crippen LogP contribution is 2.21. The average molecular weight is 339 g/mol. The lowest BCUT2D eigenvalue weighted by molar-refractivity contribution is -0.139. The van der Waals surface area contributed by atoms with Crippen LogP contribution in [0.3, 0.4) is 0 Å². The molecule has 140 valence electrons. The van der Waals surface area contributed by atoms with Crippen molar-refractivity contribution < 1.29 is 4.79 Å². The Morgan fingerprint density at radius 1 is 1.00 bits per heavy atom. The molecule has 24 heavy (non-hydrogen) atoms. The Morgan fingerprint density at radius 2 is 1.62 bits per heavy atom. The number of piperazine rings is 1. The van der Waals surface area contributed by atoms with E-state index < -0.39 is 0 Å². The minimum atomic E-state index is 0.266. The van der Waals surface area contributed by atoms with Gasteiger partial charge in [0.25, 0.3) is 0 Å². The molecule has 2 fully saturated rings. The van der Waals surface area contributed by atoms with Gasteiger partial charge in [0, 0.05) is 44.2 Å². The Morgan fingerprint density at radius 3 is 2.17 bits per heavy atom. The summed E-state index contributed by atoms with van der Waals surface area (Å²) in [5, 5.41) is 3.47. The zero-order chi connectivity index (χ0) is 17.5. The molecule has 5 nitrogen and oxygen atoms in total. The van der Waals surface area contributed by atoms with Crippen molar-refractivity contribution in [1.29, 1.82) is 0 Å². The molecule has 1 N–H and O–H groups in total. The molecule has 0 aromatic rings. The number of amides is 1. The second-order valence-electron chi connectivity index (χ2n) is 8.03. The van der Waals surface area contributed by atoms with Crippen molar-refractivity contribution >= 4 is 5.91 Å². The number of piperidine rings is 1. The Balaban J connectivity index is 1.64. The van der Waals surface area contributed by atoms with E-state index in [-0.39, 0.29) is 5.92 Å². The van der Waals surface area contributed by atoms with E-state index in [4.69, 9.17) is 0 Å². The lowest BCUT2D eigenvalue weighted by Gasteiger charge is -2.39. The van der Waals surface area contributed by atoms with Crippen LogP contribution in [-0.4, -0.2) is 85.0 Å². The molecule has 0 unspecified atom stereocenters. The predicted octanol–water partition coefficient (Wildman–Crippen LogP) is 1.64. The summed E-state index contributed by atoms with van der Waals surface area (Å²) < 4.78 is 0. The summed E-state index contributed by atoms with van der Waals surface area (Å²) in [6, 6.07) is 1.18. The van der Waals surface area contributed by atoms with Gasteiger partial charge in [-0.1, -0.05) is 13.8 Å². The molecule has 2 saturated heterocycles. The van der Waals surface area contributed by atoms with E-state index in [2.05, 4.69) is 47.7 Å². The van der Waals surface area contributed by atoms with E-state index in [0.717, 1.165) is 65.2 Å². The van der Waals surface area contributed by atoms with Gasteiger partial charge in [0.1, 0.15) is 0 Å². The molecule has 0 aromatic carbocycles. The first-order chi connectivity index (χ1) is 11.5. The summed E-state index contributed by atoms with van der Waals surface area (Å²) in [5.41, 5.74) is 0. The molecule has 2 aliphatic rings. The van der Waals surface area contributed by atoms with Crippen molar-refractivity contribution in [2.45, 2.75) is 59.0 Å². The van der Waals surface area contributed by atoms with E-state index in [9.17, 15) is 4.79 Å². The Bertz CT molecular complexity index is 370. The third-order valence-corrected chi connectivity index (χ3v) is 5.50. The van der Waals surface area contributed by atoms with Crippen molar-refractivity contribution in [2.75, 3.05) is 52.4 Å². The smallest absolute Gasteiger partial charge is 0.225 e. The minimum Gasteiger partial charge on any atom is -0.340 e. The summed E-state index contributed by atoms with van der Waals surface area (Å²) in [6.45, 7) is 17.2. The van der Waals surface area contributed by atoms with Gasteiger partial charge in [-0.05, 0) is 59.3 Å². The van der Waals surface area contributed by atoms with Crippen LogP contribution in [0.4, 0.5) is 0 Å². The van der Waals surface area contributed by atoms with Crippen LogP contribution in [0.2, 0.25) is 0 Å². The van der Waals surface area contributed by atoms with Gasteiger partial charge in [0.2, 0.25) is 5.91 Å². The minimum absolute atomic E-state index is 0.266. The summed E-state index contributed by atoms with van der Waals surface area (Å²) in [4.78, 5) is 19.9. The zero-order valence-corrected chi connectivity index (χ0v) is 16.3. The fourth-order valence-corrected chi connectivity index (χ4v) is 3.81. The van der Waals surface area contributed by atoms with Gasteiger partial charge in [-0.25, -0.2) is 0 Å². The van der Waals surface area contributed by atoms with Crippen LogP contribution in [0.25, 0.3) is 0 Å². The molecule has 0 aromatic heterocycles. The Hall–Kier alpha value is -0.650. The van der Waals surface area contributed by atoms with Crippen LogP contribution in [0.5, 0.6) is 0 Å². The number of likely N-dealkylation sites (tertiary alicyclic amines) is 1. The molecule has 0 radical (unpaired) electrons. The molecule has 2 aliphatic heterocycles. The van der Waals surface area contributed by atoms with Crippen molar-refractivity contribution in [3.63, 3.8) is 0 Å². The van der Waals surface area contributed by atoms with Crippen molar-refractivity contribution in [1.82, 2.24) is 20.0 Å². The monoisotopic (exact) mass is 338 g/mol. The second kappa shape index (κ2) is 9.73. The highest BCUT2D eigenvalue weighted by atomic mass is 16.2. The van der Waals surface area contributed by atoms with Crippen LogP contribution in [0.1, 0.15) is 47.0 Å². The number of nitrogens with zero attached hydrogens (tertiary/aromatic N) is 3. The third-order valence-electron chi connectivity index (χ3n) is 5.50. The van der Waals surface area contributed by atoms with Gasteiger partial charge < -0.3 is 15.1 Å². The van der Waals surface area contributed by atoms with E-state index >= 15 is 0 Å². The van der Waals surface area contributed by atoms with Gasteiger partial charge >= 0.3 is 0 Å². The molecule has 0 aliphatic carbocycles. The Kier molecular flexibility index (Phi) is 7.98. The van der Waals surface area contributed by atoms with E-state index in [1.54, 1.807) is 0 Å². The molecule has 0 bridgehead atoms. The summed E-state index contributed by atoms with van der Waals surface area (Å²) in [5.74, 6) is 0.682. The zero-order valence-electron chi connectivity index (χ0n) is 16.3. The van der Waals surface area contributed by atoms with Crippen molar-refractivity contribution in [3.8, 4) is 0 Å². The lowest BCUT2D eigenvalue weighted by atomic mass is 9.94. The molecule has 2 rings (SSSR count). The quantitative estimate of drug-likeness (QED) is 0.716. The first-order valence-electron chi connectivity index (χ1n) is 9.96. The maximum atomic E-state index is 12.8. The molecular weight excluding hydrogens is 300 g/mol. The molecule has 0 spiro atoms. The van der Waals surface area contributed by atoms with Crippen molar-refractivity contribution in [2.24, 2.45) is 5.92 Å². The van der Waals surface area contributed by atoms with Gasteiger partial charge in [0.15, 0.2) is 0 Å². The van der Waals surface area contributed by atoms with Gasteiger partial charge in [-0.2, -0.15) is 0 Å². The van der Waals surface area contributed by atoms with Crippen LogP contribution >= 0.6 is 0 Å². The number of rotatable bonds is 7. The second-order valence-corrected chi connectivity index (χ2v) is 8.03. The SMILES string of the molecule is CC(C)NCCCN1CCN(C(=O)C2CCN(C(C)C)CC2)CC1. The largest absolute Gasteiger partial charge is 0.340 e.